The summed E-state index contributed by atoms with van der Waals surface area (Å²) in [7, 11) is 0. The van der Waals surface area contributed by atoms with Gasteiger partial charge < -0.3 is 52.1 Å². The molecule has 0 N–H and O–H groups in total. The molecule has 0 amide bonds. The van der Waals surface area contributed by atoms with E-state index in [1.54, 1.807) is 0 Å². The molecule has 2 aliphatic rings. The van der Waals surface area contributed by atoms with Crippen LogP contribution in [0, 0.1) is 5.92 Å². The molecule has 2 fully saturated rings. The maximum Gasteiger partial charge on any atom is 0.303 e. The van der Waals surface area contributed by atoms with Gasteiger partial charge in [-0.1, -0.05) is 181 Å². The third kappa shape index (κ3) is 35.3. The minimum Gasteiger partial charge on any atom is -0.463 e. The highest BCUT2D eigenvalue weighted by atomic mass is 32.2. The van der Waals surface area contributed by atoms with E-state index in [2.05, 4.69) is 13.8 Å². The van der Waals surface area contributed by atoms with Gasteiger partial charge in [0, 0.05) is 54.4 Å². The molecule has 0 aromatic carbocycles. The van der Waals surface area contributed by atoms with E-state index in [1.807, 2.05) is 23.5 Å². The van der Waals surface area contributed by atoms with Crippen LogP contribution in [0.4, 0.5) is 0 Å². The van der Waals surface area contributed by atoms with Crippen LogP contribution in [0.2, 0.25) is 0 Å². The van der Waals surface area contributed by atoms with Gasteiger partial charge in [-0.15, -0.1) is 0 Å². The highest BCUT2D eigenvalue weighted by Crippen LogP contribution is 2.36. The second-order valence-corrected chi connectivity index (χ2v) is 24.5. The van der Waals surface area contributed by atoms with Crippen molar-refractivity contribution in [2.24, 2.45) is 5.92 Å². The summed E-state index contributed by atoms with van der Waals surface area (Å²) >= 11 is 3.77. The summed E-state index contributed by atoms with van der Waals surface area (Å²) in [6.07, 6.45) is 21.1. The van der Waals surface area contributed by atoms with E-state index in [1.165, 1.54) is 181 Å². The molecule has 0 radical (unpaired) electrons. The Balaban J connectivity index is 2.30. The number of carbonyl (C=O) groups excluding carboxylic acids is 7. The Kier molecular flexibility index (Phi) is 43.0. The number of rotatable bonds is 48. The summed E-state index contributed by atoms with van der Waals surface area (Å²) < 4.78 is 65.2. The maximum absolute atomic E-state index is 13.1. The van der Waals surface area contributed by atoms with Crippen molar-refractivity contribution in [2.45, 2.75) is 304 Å². The first-order valence-corrected chi connectivity index (χ1v) is 33.6. The van der Waals surface area contributed by atoms with Gasteiger partial charge in [0.15, 0.2) is 43.1 Å². The molecule has 82 heavy (non-hydrogen) atoms. The maximum atomic E-state index is 13.1. The van der Waals surface area contributed by atoms with Gasteiger partial charge in [0.05, 0.1) is 6.61 Å². The number of thioether (sulfide) groups is 2. The average molecular weight is 1210 g/mol. The summed E-state index contributed by atoms with van der Waals surface area (Å²) in [5.74, 6) is -1.94. The molecular formula is C62H108O18S2. The predicted molar refractivity (Wildman–Crippen MR) is 318 cm³/mol. The lowest BCUT2D eigenvalue weighted by Gasteiger charge is -2.48. The second kappa shape index (κ2) is 47.0. The number of hydrogen-bond acceptors (Lipinski definition) is 20. The SMILES string of the molecule is CCCCCCCCCCCCCCCCSCC(CO[C@H]1O[C@H](COC(C)=O)[C@H](O[C@@H]2O[C@H](COC(C)=O)[C@H](OC(C)=O)[C@H](OC(C)=O)[C@H]2OC(C)=O)[C@H](OC(C)=O)[C@H]1OC(C)=O)CSCCCCCCCCCCCCCCCC. The average Bonchev–Trinajstić information content (AvgIpc) is 3.59. The molecule has 0 aromatic rings. The van der Waals surface area contributed by atoms with E-state index in [9.17, 15) is 33.6 Å². The lowest BCUT2D eigenvalue weighted by Crippen LogP contribution is -2.67. The molecule has 0 spiro atoms. The van der Waals surface area contributed by atoms with E-state index >= 15 is 0 Å². The Morgan fingerprint density at radius 1 is 0.354 bits per heavy atom. The van der Waals surface area contributed by atoms with Crippen LogP contribution in [-0.2, 0) is 85.7 Å². The quantitative estimate of drug-likeness (QED) is 0.0314. The first-order valence-electron chi connectivity index (χ1n) is 31.3. The van der Waals surface area contributed by atoms with Crippen LogP contribution in [0.3, 0.4) is 0 Å². The molecule has 2 aliphatic heterocycles. The molecule has 0 bridgehead atoms. The Hall–Kier alpha value is -3.17. The van der Waals surface area contributed by atoms with Crippen LogP contribution in [0.1, 0.15) is 242 Å². The highest BCUT2D eigenvalue weighted by Gasteiger charge is 2.57. The summed E-state index contributed by atoms with van der Waals surface area (Å²) in [4.78, 5) is 88.3. The standard InChI is InChI=1S/C62H108O18S2/c1-10-12-14-16-18-20-22-24-26-28-30-32-34-36-38-81-43-52(44-82-39-37-35-33-31-29-27-25-23-21-19-17-15-13-11-2)40-72-61-59(76-50(8)68)58(75-49(7)67)56(54(78-61)42-71-46(4)64)80-62-60(77-51(9)69)57(74-48(6)66)55(73-47(5)65)53(79-62)41-70-45(3)63/h52-62H,10-44H2,1-9H3/t53-,54-,55+,56+,57+,58+,59-,60-,61+,62+/m1/s1. The van der Waals surface area contributed by atoms with Gasteiger partial charge in [0.2, 0.25) is 0 Å². The zero-order chi connectivity index (χ0) is 60.3. The predicted octanol–water partition coefficient (Wildman–Crippen LogP) is 12.7. The molecule has 476 valence electrons. The van der Waals surface area contributed by atoms with Crippen molar-refractivity contribution < 1.29 is 85.7 Å². The first kappa shape index (κ1) is 74.9. The Bertz CT molecular complexity index is 1720. The normalized spacial score (nSPS) is 22.5. The van der Waals surface area contributed by atoms with Crippen molar-refractivity contribution in [3.05, 3.63) is 0 Å². The van der Waals surface area contributed by atoms with Gasteiger partial charge in [-0.05, 0) is 35.9 Å². The largest absolute Gasteiger partial charge is 0.463 e. The van der Waals surface area contributed by atoms with E-state index in [-0.39, 0.29) is 12.5 Å². The van der Waals surface area contributed by atoms with Crippen molar-refractivity contribution in [3.63, 3.8) is 0 Å². The van der Waals surface area contributed by atoms with Crippen molar-refractivity contribution in [1.82, 2.24) is 0 Å². The molecule has 0 aliphatic carbocycles. The highest BCUT2D eigenvalue weighted by molar-refractivity contribution is 8.00. The third-order valence-corrected chi connectivity index (χ3v) is 16.9. The van der Waals surface area contributed by atoms with Crippen LogP contribution in [0.25, 0.3) is 0 Å². The zero-order valence-electron chi connectivity index (χ0n) is 51.8. The van der Waals surface area contributed by atoms with Gasteiger partial charge in [0.1, 0.15) is 31.5 Å². The van der Waals surface area contributed by atoms with Crippen LogP contribution < -0.4 is 0 Å². The fourth-order valence-corrected chi connectivity index (χ4v) is 12.7. The van der Waals surface area contributed by atoms with Crippen LogP contribution in [0.5, 0.6) is 0 Å². The number of esters is 7. The molecule has 18 nitrogen and oxygen atoms in total. The van der Waals surface area contributed by atoms with E-state index in [0.29, 0.717) is 0 Å². The van der Waals surface area contributed by atoms with E-state index in [0.717, 1.165) is 70.5 Å². The van der Waals surface area contributed by atoms with Crippen molar-refractivity contribution in [1.29, 1.82) is 0 Å². The lowest BCUT2D eigenvalue weighted by molar-refractivity contribution is -0.361. The lowest BCUT2D eigenvalue weighted by atomic mass is 9.96. The minimum atomic E-state index is -1.78. The number of hydrogen-bond donors (Lipinski definition) is 0. The number of unbranched alkanes of at least 4 members (excludes halogenated alkanes) is 26. The summed E-state index contributed by atoms with van der Waals surface area (Å²) in [5.41, 5.74) is 0. The molecule has 10 atom stereocenters. The molecule has 0 saturated carbocycles. The molecule has 2 heterocycles. The van der Waals surface area contributed by atoms with Crippen LogP contribution in [0.15, 0.2) is 0 Å². The molecule has 0 unspecified atom stereocenters. The summed E-state index contributed by atoms with van der Waals surface area (Å²) in [6, 6.07) is 0. The van der Waals surface area contributed by atoms with Crippen molar-refractivity contribution >= 4 is 65.3 Å². The number of ether oxygens (including phenoxy) is 11. The van der Waals surface area contributed by atoms with Gasteiger partial charge in [-0.25, -0.2) is 0 Å². The Morgan fingerprint density at radius 2 is 0.646 bits per heavy atom. The second-order valence-electron chi connectivity index (χ2n) is 22.2. The fourth-order valence-electron chi connectivity index (χ4n) is 10.3. The number of carbonyl (C=O) groups is 7. The van der Waals surface area contributed by atoms with Gasteiger partial charge in [0.25, 0.3) is 0 Å². The van der Waals surface area contributed by atoms with Gasteiger partial charge in [-0.3, -0.25) is 33.6 Å². The van der Waals surface area contributed by atoms with Crippen molar-refractivity contribution in [2.75, 3.05) is 42.8 Å². The summed E-state index contributed by atoms with van der Waals surface area (Å²) in [5, 5.41) is 0. The first-order chi connectivity index (χ1) is 39.5. The monoisotopic (exact) mass is 1200 g/mol. The topological polar surface area (TPSA) is 221 Å². The molecule has 2 rings (SSSR count). The molecular weight excluding hydrogens is 1100 g/mol. The fraction of sp³-hybridized carbons (Fsp3) is 0.887. The Morgan fingerprint density at radius 3 is 1.00 bits per heavy atom. The van der Waals surface area contributed by atoms with Crippen LogP contribution in [-0.4, -0.2) is 146 Å². The zero-order valence-corrected chi connectivity index (χ0v) is 53.4. The molecule has 2 saturated heterocycles. The molecule has 0 aromatic heterocycles. The van der Waals surface area contributed by atoms with Gasteiger partial charge in [-0.2, -0.15) is 23.5 Å². The van der Waals surface area contributed by atoms with Gasteiger partial charge >= 0.3 is 41.8 Å². The smallest absolute Gasteiger partial charge is 0.303 e. The summed E-state index contributed by atoms with van der Waals surface area (Å²) in [6.45, 7) is 11.5. The van der Waals surface area contributed by atoms with E-state index < -0.39 is 116 Å². The van der Waals surface area contributed by atoms with Crippen LogP contribution >= 0.6 is 23.5 Å². The Labute approximate surface area is 501 Å². The molecule has 20 heteroatoms. The third-order valence-electron chi connectivity index (χ3n) is 14.4. The van der Waals surface area contributed by atoms with Crippen molar-refractivity contribution in [3.8, 4) is 0 Å². The minimum absolute atomic E-state index is 0.0422. The van der Waals surface area contributed by atoms with E-state index in [4.69, 9.17) is 52.1 Å².